The first-order chi connectivity index (χ1) is 2.79. The summed E-state index contributed by atoms with van der Waals surface area (Å²) in [6.07, 6.45) is 1.53. The van der Waals surface area contributed by atoms with Crippen LogP contribution in [0.25, 0.3) is 0 Å². The van der Waals surface area contributed by atoms with Crippen molar-refractivity contribution in [1.29, 1.82) is 0 Å². The van der Waals surface area contributed by atoms with Crippen LogP contribution in [0.2, 0.25) is 0 Å². The molecule has 1 rings (SSSR count). The third-order valence-electron chi connectivity index (χ3n) is 1.15. The van der Waals surface area contributed by atoms with Gasteiger partial charge in [0.05, 0.1) is 6.10 Å². The predicted molar refractivity (Wildman–Crippen MR) is 30.5 cm³/mol. The van der Waals surface area contributed by atoms with Gasteiger partial charge in [0.25, 0.3) is 0 Å². The van der Waals surface area contributed by atoms with Crippen LogP contribution < -0.4 is 5.73 Å². The van der Waals surface area contributed by atoms with Crippen LogP contribution in [0.5, 0.6) is 0 Å². The van der Waals surface area contributed by atoms with Gasteiger partial charge in [-0.15, -0.1) is 12.4 Å². The van der Waals surface area contributed by atoms with E-state index in [2.05, 4.69) is 0 Å². The molecule has 44 valence electrons. The lowest BCUT2D eigenvalue weighted by Crippen LogP contribution is -2.39. The molecule has 0 heterocycles. The second kappa shape index (κ2) is 2.50. The van der Waals surface area contributed by atoms with Gasteiger partial charge in [0.2, 0.25) is 0 Å². The van der Waals surface area contributed by atoms with Crippen molar-refractivity contribution in [3.8, 4) is 0 Å². The lowest BCUT2D eigenvalue weighted by atomic mass is 9.91. The molecule has 2 nitrogen and oxygen atoms in total. The predicted octanol–water partition coefficient (Wildman–Crippen LogP) is -0.110. The van der Waals surface area contributed by atoms with Crippen LogP contribution in [0, 0.1) is 0 Å². The molecule has 0 spiro atoms. The Labute approximate surface area is 49.1 Å². The summed E-state index contributed by atoms with van der Waals surface area (Å²) in [5.74, 6) is 0. The Morgan fingerprint density at radius 2 is 1.86 bits per heavy atom. The van der Waals surface area contributed by atoms with Crippen molar-refractivity contribution in [3.63, 3.8) is 0 Å². The number of aliphatic hydroxyl groups excluding tert-OH is 1. The molecule has 0 aromatic heterocycles. The minimum absolute atomic E-state index is 0. The van der Waals surface area contributed by atoms with Crippen LogP contribution in [0.1, 0.15) is 12.8 Å². The van der Waals surface area contributed by atoms with Gasteiger partial charge in [-0.3, -0.25) is 0 Å². The van der Waals surface area contributed by atoms with E-state index in [0.717, 1.165) is 12.8 Å². The van der Waals surface area contributed by atoms with E-state index in [1.165, 1.54) is 0 Å². The number of hydrogen-bond donors (Lipinski definition) is 2. The van der Waals surface area contributed by atoms with E-state index in [0.29, 0.717) is 6.04 Å². The molecule has 1 saturated carbocycles. The van der Waals surface area contributed by atoms with Crippen molar-refractivity contribution >= 4 is 12.4 Å². The maximum Gasteiger partial charge on any atom is 0.0569 e. The molecule has 0 aliphatic heterocycles. The quantitative estimate of drug-likeness (QED) is 0.472. The van der Waals surface area contributed by atoms with Crippen molar-refractivity contribution < 1.29 is 5.11 Å². The van der Waals surface area contributed by atoms with Gasteiger partial charge in [-0.05, 0) is 12.8 Å². The fraction of sp³-hybridized carbons (Fsp3) is 1.00. The molecule has 0 aromatic carbocycles. The summed E-state index contributed by atoms with van der Waals surface area (Å²) in [5, 5.41) is 8.54. The maximum atomic E-state index is 8.54. The summed E-state index contributed by atoms with van der Waals surface area (Å²) in [6, 6.07) is 0.292. The zero-order valence-corrected chi connectivity index (χ0v) is 4.82. The zero-order valence-electron chi connectivity index (χ0n) is 4.00. The first-order valence-corrected chi connectivity index (χ1v) is 2.22. The second-order valence-corrected chi connectivity index (χ2v) is 1.89. The molecule has 3 heteroatoms. The first-order valence-electron chi connectivity index (χ1n) is 2.22. The van der Waals surface area contributed by atoms with Gasteiger partial charge in [-0.25, -0.2) is 0 Å². The van der Waals surface area contributed by atoms with E-state index in [9.17, 15) is 0 Å². The van der Waals surface area contributed by atoms with Crippen molar-refractivity contribution in [2.45, 2.75) is 25.0 Å². The van der Waals surface area contributed by atoms with Crippen LogP contribution in [-0.2, 0) is 0 Å². The van der Waals surface area contributed by atoms with Gasteiger partial charge in [0.15, 0.2) is 0 Å². The number of nitrogens with two attached hydrogens (primary N) is 1. The molecule has 1 fully saturated rings. The summed E-state index contributed by atoms with van der Waals surface area (Å²) in [6.45, 7) is 0. The highest BCUT2D eigenvalue weighted by atomic mass is 35.5. The highest BCUT2D eigenvalue weighted by Gasteiger charge is 2.22. The van der Waals surface area contributed by atoms with Crippen LogP contribution in [0.3, 0.4) is 0 Å². The fourth-order valence-corrected chi connectivity index (χ4v) is 0.630. The summed E-state index contributed by atoms with van der Waals surface area (Å²) in [7, 11) is 0. The third-order valence-corrected chi connectivity index (χ3v) is 1.15. The average Bonchev–Trinajstić information content (AvgIpc) is 1.33. The molecular formula is C4H10ClNO. The first kappa shape index (κ1) is 7.21. The molecule has 7 heavy (non-hydrogen) atoms. The number of hydrogen-bond acceptors (Lipinski definition) is 2. The Balaban J connectivity index is 0.000000360. The monoisotopic (exact) mass is 123 g/mol. The van der Waals surface area contributed by atoms with E-state index in [1.807, 2.05) is 0 Å². The molecular weight excluding hydrogens is 114 g/mol. The van der Waals surface area contributed by atoms with E-state index in [4.69, 9.17) is 10.8 Å². The third kappa shape index (κ3) is 1.63. The summed E-state index contributed by atoms with van der Waals surface area (Å²) in [4.78, 5) is 0. The van der Waals surface area contributed by atoms with Gasteiger partial charge in [0, 0.05) is 6.04 Å². The Hall–Kier alpha value is 0.210. The normalized spacial score (nSPS) is 38.6. The minimum atomic E-state index is -0.0833. The average molecular weight is 124 g/mol. The SMILES string of the molecule is Cl.N[C@H]1C[C@H](O)C1. The van der Waals surface area contributed by atoms with E-state index in [-0.39, 0.29) is 18.5 Å². The molecule has 0 bridgehead atoms. The highest BCUT2D eigenvalue weighted by Crippen LogP contribution is 2.15. The van der Waals surface area contributed by atoms with E-state index < -0.39 is 0 Å². The highest BCUT2D eigenvalue weighted by molar-refractivity contribution is 5.85. The van der Waals surface area contributed by atoms with Crippen LogP contribution in [-0.4, -0.2) is 17.3 Å². The molecule has 0 radical (unpaired) electrons. The molecule has 1 aliphatic carbocycles. The second-order valence-electron chi connectivity index (χ2n) is 1.89. The molecule has 0 unspecified atom stereocenters. The van der Waals surface area contributed by atoms with Crippen molar-refractivity contribution in [1.82, 2.24) is 0 Å². The Kier molecular flexibility index (Phi) is 2.58. The summed E-state index contributed by atoms with van der Waals surface area (Å²) in [5.41, 5.74) is 5.31. The molecule has 0 saturated heterocycles. The molecule has 3 N–H and O–H groups in total. The molecule has 0 atom stereocenters. The largest absolute Gasteiger partial charge is 0.393 e. The summed E-state index contributed by atoms with van der Waals surface area (Å²) < 4.78 is 0. The fourth-order valence-electron chi connectivity index (χ4n) is 0.630. The Morgan fingerprint density at radius 3 is 1.86 bits per heavy atom. The topological polar surface area (TPSA) is 46.2 Å². The standard InChI is InChI=1S/C4H9NO.ClH/c5-3-1-4(6)2-3;/h3-4,6H,1-2,5H2;1H/t3-,4-;. The van der Waals surface area contributed by atoms with Crippen molar-refractivity contribution in [2.75, 3.05) is 0 Å². The van der Waals surface area contributed by atoms with Gasteiger partial charge < -0.3 is 10.8 Å². The van der Waals surface area contributed by atoms with Gasteiger partial charge >= 0.3 is 0 Å². The molecule has 0 amide bonds. The number of rotatable bonds is 0. The molecule has 1 aliphatic rings. The van der Waals surface area contributed by atoms with Gasteiger partial charge in [0.1, 0.15) is 0 Å². The van der Waals surface area contributed by atoms with Gasteiger partial charge in [-0.1, -0.05) is 0 Å². The lowest BCUT2D eigenvalue weighted by Gasteiger charge is -2.26. The van der Waals surface area contributed by atoms with Crippen LogP contribution in [0.15, 0.2) is 0 Å². The van der Waals surface area contributed by atoms with Gasteiger partial charge in [-0.2, -0.15) is 0 Å². The maximum absolute atomic E-state index is 8.54. The smallest absolute Gasteiger partial charge is 0.0569 e. The van der Waals surface area contributed by atoms with Crippen LogP contribution >= 0.6 is 12.4 Å². The number of aliphatic hydroxyl groups is 1. The Morgan fingerprint density at radius 1 is 1.43 bits per heavy atom. The molecule has 0 aromatic rings. The van der Waals surface area contributed by atoms with E-state index in [1.54, 1.807) is 0 Å². The lowest BCUT2D eigenvalue weighted by molar-refractivity contribution is 0.0770. The van der Waals surface area contributed by atoms with Crippen molar-refractivity contribution in [3.05, 3.63) is 0 Å². The van der Waals surface area contributed by atoms with E-state index >= 15 is 0 Å². The zero-order chi connectivity index (χ0) is 4.57. The minimum Gasteiger partial charge on any atom is -0.393 e. The van der Waals surface area contributed by atoms with Crippen molar-refractivity contribution in [2.24, 2.45) is 5.73 Å². The summed E-state index contributed by atoms with van der Waals surface area (Å²) >= 11 is 0. The number of halogens is 1. The Bertz CT molecular complexity index is 47.7. The van der Waals surface area contributed by atoms with Crippen LogP contribution in [0.4, 0.5) is 0 Å².